The Kier molecular flexibility index (Phi) is 12.9. The van der Waals surface area contributed by atoms with Crippen molar-refractivity contribution in [3.8, 4) is 0 Å². The van der Waals surface area contributed by atoms with E-state index >= 15 is 0 Å². The van der Waals surface area contributed by atoms with Gasteiger partial charge in [-0.1, -0.05) is 69.3 Å². The van der Waals surface area contributed by atoms with Crippen LogP contribution in [0.1, 0.15) is 81.8 Å². The molecule has 13 heteroatoms. The Balaban J connectivity index is 1.75. The Bertz CT molecular complexity index is 1510. The first kappa shape index (κ1) is 38.2. The predicted octanol–water partition coefficient (Wildman–Crippen LogP) is 5.27. The summed E-state index contributed by atoms with van der Waals surface area (Å²) in [6.45, 7) is 7.92. The Hall–Kier alpha value is -4.26. The van der Waals surface area contributed by atoms with Gasteiger partial charge in [-0.15, -0.1) is 0 Å². The average Bonchev–Trinajstić information content (AvgIpc) is 3.78. The Morgan fingerprint density at radius 3 is 2.10 bits per heavy atom. The molecule has 10 nitrogen and oxygen atoms in total. The number of Topliss-reactive ketones (excluding diaryl/α,β-unsaturated/α-hetero) is 3. The van der Waals surface area contributed by atoms with Crippen LogP contribution in [-0.2, 0) is 31.3 Å². The molecule has 0 spiro atoms. The number of halogens is 3. The number of rotatable bonds is 18. The summed E-state index contributed by atoms with van der Waals surface area (Å²) in [5.74, 6) is -4.90. The molecule has 3 N–H and O–H groups in total. The van der Waals surface area contributed by atoms with Gasteiger partial charge in [-0.25, -0.2) is 0 Å². The fourth-order valence-corrected chi connectivity index (χ4v) is 5.26. The number of hydrogen-bond donors (Lipinski definition) is 3. The summed E-state index contributed by atoms with van der Waals surface area (Å²) >= 11 is 0. The third kappa shape index (κ3) is 10.9. The van der Waals surface area contributed by atoms with Gasteiger partial charge in [-0.3, -0.25) is 19.2 Å². The van der Waals surface area contributed by atoms with Crippen molar-refractivity contribution < 1.29 is 42.3 Å². The van der Waals surface area contributed by atoms with Crippen LogP contribution in [0.5, 0.6) is 0 Å². The van der Waals surface area contributed by atoms with Crippen molar-refractivity contribution in [3.05, 3.63) is 71.3 Å². The number of alkyl halides is 3. The summed E-state index contributed by atoms with van der Waals surface area (Å²) in [5.41, 5.74) is 1.18. The number of hydrogen-bond acceptors (Lipinski definition) is 8. The fourth-order valence-electron chi connectivity index (χ4n) is 5.26. The zero-order chi connectivity index (χ0) is 35.8. The van der Waals surface area contributed by atoms with Crippen LogP contribution in [0, 0.1) is 17.8 Å². The van der Waals surface area contributed by atoms with Gasteiger partial charge < -0.3 is 20.5 Å². The third-order valence-corrected chi connectivity index (χ3v) is 8.47. The maximum atomic E-state index is 13.7. The van der Waals surface area contributed by atoms with E-state index in [9.17, 15) is 42.3 Å². The molecule has 2 unspecified atom stereocenters. The summed E-state index contributed by atoms with van der Waals surface area (Å²) < 4.78 is 39.8. The number of aliphatic hydroxyl groups excluding tert-OH is 1. The van der Waals surface area contributed by atoms with Crippen LogP contribution in [-0.4, -0.2) is 58.6 Å². The Morgan fingerprint density at radius 1 is 0.896 bits per heavy atom. The zero-order valence-electron chi connectivity index (χ0n) is 27.7. The number of amides is 2. The van der Waals surface area contributed by atoms with Crippen molar-refractivity contribution in [1.29, 1.82) is 0 Å². The van der Waals surface area contributed by atoms with Gasteiger partial charge in [-0.05, 0) is 44.2 Å². The third-order valence-electron chi connectivity index (χ3n) is 8.47. The highest BCUT2D eigenvalue weighted by Gasteiger charge is 2.44. The van der Waals surface area contributed by atoms with Crippen LogP contribution >= 0.6 is 0 Å². The molecular formula is C35H43F3N4O6. The lowest BCUT2D eigenvalue weighted by Gasteiger charge is -2.27. The average molecular weight is 673 g/mol. The highest BCUT2D eigenvalue weighted by molar-refractivity contribution is 5.99. The second kappa shape index (κ2) is 16.2. The van der Waals surface area contributed by atoms with Crippen molar-refractivity contribution in [2.75, 3.05) is 0 Å². The molecule has 0 radical (unpaired) electrons. The smallest absolute Gasteiger partial charge is 0.382 e. The highest BCUT2D eigenvalue weighted by Crippen LogP contribution is 2.39. The minimum atomic E-state index is -5.04. The molecule has 2 aromatic rings. The van der Waals surface area contributed by atoms with Crippen molar-refractivity contribution in [3.63, 3.8) is 0 Å². The lowest BCUT2D eigenvalue weighted by Crippen LogP contribution is -2.52. The lowest BCUT2D eigenvalue weighted by molar-refractivity contribution is -0.213. The minimum Gasteiger partial charge on any atom is -0.382 e. The topological polar surface area (TPSA) is 154 Å². The summed E-state index contributed by atoms with van der Waals surface area (Å²) in [5, 5.41) is 22.7. The molecule has 1 aliphatic heterocycles. The lowest BCUT2D eigenvalue weighted by atomic mass is 9.86. The van der Waals surface area contributed by atoms with Crippen molar-refractivity contribution in [2.24, 2.45) is 28.0 Å². The maximum absolute atomic E-state index is 13.7. The standard InChI is InChI=1S/C35H43F3N4O6/c1-20(2)26(19-29(44)24-12-9-13-25(18-24)34(5)41-42-34)33(48)40-28(17-23-10-7-6-8-11-23)30(45)16-21(3)32(47)39-27(15-14-22(4)43)31(46)35(36,37)38/h6-13,18,20-21,26-28,31,46H,14-17,19H2,1-5H3,(H,39,47)(H,40,48)/t21-,26+,27?,28+,31?/m1/s1. The molecule has 0 aliphatic carbocycles. The summed E-state index contributed by atoms with van der Waals surface area (Å²) in [7, 11) is 0. The van der Waals surface area contributed by atoms with Crippen molar-refractivity contribution in [2.45, 2.75) is 96.7 Å². The molecule has 2 amide bonds. The van der Waals surface area contributed by atoms with Gasteiger partial charge in [0.15, 0.2) is 17.7 Å². The second-order valence-electron chi connectivity index (χ2n) is 12.9. The first-order valence-electron chi connectivity index (χ1n) is 15.9. The van der Waals surface area contributed by atoms with E-state index in [0.29, 0.717) is 11.1 Å². The molecule has 3 rings (SSSR count). The van der Waals surface area contributed by atoms with E-state index in [1.54, 1.807) is 62.4 Å². The Labute approximate surface area is 278 Å². The van der Waals surface area contributed by atoms with Crippen LogP contribution in [0.3, 0.4) is 0 Å². The zero-order valence-corrected chi connectivity index (χ0v) is 27.7. The van der Waals surface area contributed by atoms with Gasteiger partial charge in [0.2, 0.25) is 17.5 Å². The van der Waals surface area contributed by atoms with Crippen LogP contribution in [0.4, 0.5) is 13.2 Å². The number of carbonyl (C=O) groups is 5. The van der Waals surface area contributed by atoms with E-state index in [1.165, 1.54) is 13.8 Å². The molecule has 0 bridgehead atoms. The van der Waals surface area contributed by atoms with Gasteiger partial charge in [0.05, 0.1) is 12.1 Å². The fraction of sp³-hybridized carbons (Fsp3) is 0.514. The summed E-state index contributed by atoms with van der Waals surface area (Å²) in [6.07, 6.45) is -9.19. The molecule has 5 atom stereocenters. The highest BCUT2D eigenvalue weighted by atomic mass is 19.4. The first-order chi connectivity index (χ1) is 22.4. The number of carbonyl (C=O) groups excluding carboxylic acids is 5. The van der Waals surface area contributed by atoms with Gasteiger partial charge in [0.1, 0.15) is 5.78 Å². The molecule has 48 heavy (non-hydrogen) atoms. The number of nitrogens with zero attached hydrogens (tertiary/aromatic N) is 2. The molecule has 260 valence electrons. The van der Waals surface area contributed by atoms with Crippen LogP contribution < -0.4 is 10.6 Å². The van der Waals surface area contributed by atoms with E-state index in [1.807, 2.05) is 13.0 Å². The van der Waals surface area contributed by atoms with E-state index in [2.05, 4.69) is 20.9 Å². The normalized spacial score (nSPS) is 16.7. The predicted molar refractivity (Wildman–Crippen MR) is 171 cm³/mol. The molecule has 2 aromatic carbocycles. The number of ketones is 3. The monoisotopic (exact) mass is 672 g/mol. The number of benzene rings is 2. The van der Waals surface area contributed by atoms with E-state index in [-0.39, 0.29) is 31.0 Å². The molecule has 0 fully saturated rings. The van der Waals surface area contributed by atoms with Gasteiger partial charge in [0.25, 0.3) is 0 Å². The van der Waals surface area contributed by atoms with Crippen molar-refractivity contribution in [1.82, 2.24) is 10.6 Å². The quantitative estimate of drug-likeness (QED) is 0.183. The molecular weight excluding hydrogens is 629 g/mol. The van der Waals surface area contributed by atoms with E-state index in [0.717, 1.165) is 5.56 Å². The van der Waals surface area contributed by atoms with Crippen molar-refractivity contribution >= 4 is 29.2 Å². The molecule has 1 aliphatic rings. The van der Waals surface area contributed by atoms with E-state index < -0.39 is 78.1 Å². The maximum Gasteiger partial charge on any atom is 0.416 e. The number of nitrogens with one attached hydrogen (secondary N) is 2. The summed E-state index contributed by atoms with van der Waals surface area (Å²) in [6, 6.07) is 12.8. The second-order valence-corrected chi connectivity index (χ2v) is 12.9. The molecule has 1 heterocycles. The largest absolute Gasteiger partial charge is 0.416 e. The summed E-state index contributed by atoms with van der Waals surface area (Å²) in [4.78, 5) is 64.9. The SMILES string of the molecule is CC(=O)CCC(NC(=O)[C@H](C)CC(=O)[C@H](Cc1ccccc1)NC(=O)[C@@H](CC(=O)c1cccc(C2(C)N=N2)c1)C(C)C)C(O)C(F)(F)F. The molecule has 0 saturated heterocycles. The molecule has 0 saturated carbocycles. The first-order valence-corrected chi connectivity index (χ1v) is 15.9. The van der Waals surface area contributed by atoms with Crippen LogP contribution in [0.15, 0.2) is 64.8 Å². The van der Waals surface area contributed by atoms with Crippen LogP contribution in [0.25, 0.3) is 0 Å². The van der Waals surface area contributed by atoms with Gasteiger partial charge in [0, 0.05) is 42.2 Å². The van der Waals surface area contributed by atoms with Gasteiger partial charge >= 0.3 is 6.18 Å². The number of aliphatic hydroxyl groups is 1. The Morgan fingerprint density at radius 2 is 1.54 bits per heavy atom. The molecule has 0 aromatic heterocycles. The van der Waals surface area contributed by atoms with Crippen LogP contribution in [0.2, 0.25) is 0 Å². The van der Waals surface area contributed by atoms with Gasteiger partial charge in [-0.2, -0.15) is 23.4 Å². The van der Waals surface area contributed by atoms with E-state index in [4.69, 9.17) is 0 Å². The minimum absolute atomic E-state index is 0.0696.